The molecule has 18 heavy (non-hydrogen) atoms. The van der Waals surface area contributed by atoms with Gasteiger partial charge in [-0.05, 0) is 12.1 Å². The second kappa shape index (κ2) is 6.08. The maximum Gasteiger partial charge on any atom is 0.186 e. The maximum atomic E-state index is 10.8. The quantitative estimate of drug-likeness (QED) is 0.840. The number of nitrogens with zero attached hydrogens (tertiary/aromatic N) is 1. The molecule has 0 spiro atoms. The van der Waals surface area contributed by atoms with E-state index in [-0.39, 0.29) is 5.12 Å². The third-order valence-electron chi connectivity index (χ3n) is 2.29. The molecule has 0 amide bonds. The van der Waals surface area contributed by atoms with Gasteiger partial charge in [-0.2, -0.15) is 5.10 Å². The van der Waals surface area contributed by atoms with Crippen molar-refractivity contribution in [2.45, 2.75) is 6.92 Å². The number of hydrogen-bond donors (Lipinski definition) is 1. The normalized spacial score (nSPS) is 9.61. The average Bonchev–Trinajstić information content (AvgIpc) is 2.88. The molecule has 2 rings (SSSR count). The van der Waals surface area contributed by atoms with E-state index in [4.69, 9.17) is 0 Å². The molecule has 0 atom stereocenters. The largest absolute Gasteiger partial charge is 0.288 e. The molecule has 0 fully saturated rings. The highest BCUT2D eigenvalue weighted by Crippen LogP contribution is 2.20. The summed E-state index contributed by atoms with van der Waals surface area (Å²) in [6.07, 6.45) is 1.71. The van der Waals surface area contributed by atoms with Crippen molar-refractivity contribution in [1.82, 2.24) is 10.2 Å². The van der Waals surface area contributed by atoms with Crippen molar-refractivity contribution in [1.29, 1.82) is 0 Å². The Kier molecular flexibility index (Phi) is 4.21. The molecule has 0 saturated carbocycles. The Morgan fingerprint density at radius 2 is 2.22 bits per heavy atom. The molecule has 1 N–H and O–H groups in total. The molecule has 0 aliphatic heterocycles. The predicted molar refractivity (Wildman–Crippen MR) is 74.0 cm³/mol. The standard InChI is InChI=1S/C14H12N2OS/c1-11(17)18-10-4-6-12-5-2-3-7-13(12)14-8-9-15-16-14/h2-3,5,7-9H,10H2,1H3,(H,15,16). The first kappa shape index (κ1) is 12.5. The highest BCUT2D eigenvalue weighted by molar-refractivity contribution is 8.13. The second-order valence-corrected chi connectivity index (χ2v) is 4.75. The van der Waals surface area contributed by atoms with Crippen molar-refractivity contribution in [3.05, 3.63) is 42.1 Å². The molecular formula is C14H12N2OS. The minimum Gasteiger partial charge on any atom is -0.288 e. The van der Waals surface area contributed by atoms with Gasteiger partial charge in [0.1, 0.15) is 0 Å². The Bertz CT molecular complexity index is 594. The molecule has 4 heteroatoms. The number of aromatic amines is 1. The number of aromatic nitrogens is 2. The lowest BCUT2D eigenvalue weighted by atomic mass is 10.1. The van der Waals surface area contributed by atoms with Crippen LogP contribution in [0.15, 0.2) is 36.5 Å². The van der Waals surface area contributed by atoms with Crippen LogP contribution in [0, 0.1) is 11.8 Å². The number of carbonyl (C=O) groups excluding carboxylic acids is 1. The molecule has 0 aliphatic rings. The summed E-state index contributed by atoms with van der Waals surface area (Å²) < 4.78 is 0. The van der Waals surface area contributed by atoms with Gasteiger partial charge in [0, 0.05) is 24.2 Å². The van der Waals surface area contributed by atoms with Crippen LogP contribution in [0.25, 0.3) is 11.3 Å². The van der Waals surface area contributed by atoms with Crippen molar-refractivity contribution in [3.8, 4) is 23.1 Å². The summed E-state index contributed by atoms with van der Waals surface area (Å²) in [6, 6.07) is 9.77. The fourth-order valence-corrected chi connectivity index (χ4v) is 1.85. The summed E-state index contributed by atoms with van der Waals surface area (Å²) >= 11 is 1.22. The Morgan fingerprint density at radius 3 is 2.94 bits per heavy atom. The van der Waals surface area contributed by atoms with Gasteiger partial charge in [-0.15, -0.1) is 0 Å². The van der Waals surface area contributed by atoms with E-state index >= 15 is 0 Å². The van der Waals surface area contributed by atoms with E-state index in [1.54, 1.807) is 13.1 Å². The number of hydrogen-bond acceptors (Lipinski definition) is 3. The highest BCUT2D eigenvalue weighted by Gasteiger charge is 2.02. The molecule has 0 radical (unpaired) electrons. The lowest BCUT2D eigenvalue weighted by Gasteiger charge is -2.00. The van der Waals surface area contributed by atoms with Gasteiger partial charge in [0.15, 0.2) is 5.12 Å². The predicted octanol–water partition coefficient (Wildman–Crippen LogP) is 2.71. The Morgan fingerprint density at radius 1 is 1.39 bits per heavy atom. The van der Waals surface area contributed by atoms with Gasteiger partial charge in [0.25, 0.3) is 0 Å². The first-order valence-corrected chi connectivity index (χ1v) is 6.47. The minimum atomic E-state index is 0.0890. The molecule has 0 saturated heterocycles. The molecule has 2 aromatic rings. The first-order chi connectivity index (χ1) is 8.77. The van der Waals surface area contributed by atoms with E-state index in [0.717, 1.165) is 16.8 Å². The van der Waals surface area contributed by atoms with Crippen LogP contribution in [0.1, 0.15) is 12.5 Å². The van der Waals surface area contributed by atoms with Gasteiger partial charge in [0.2, 0.25) is 0 Å². The van der Waals surface area contributed by atoms with Crippen LogP contribution in [0.4, 0.5) is 0 Å². The summed E-state index contributed by atoms with van der Waals surface area (Å²) in [7, 11) is 0. The molecule has 3 nitrogen and oxygen atoms in total. The van der Waals surface area contributed by atoms with Gasteiger partial charge in [0.05, 0.1) is 11.4 Å². The van der Waals surface area contributed by atoms with E-state index in [2.05, 4.69) is 22.0 Å². The van der Waals surface area contributed by atoms with Gasteiger partial charge in [-0.1, -0.05) is 41.8 Å². The van der Waals surface area contributed by atoms with E-state index < -0.39 is 0 Å². The monoisotopic (exact) mass is 256 g/mol. The average molecular weight is 256 g/mol. The molecule has 1 heterocycles. The number of H-pyrrole nitrogens is 1. The second-order valence-electron chi connectivity index (χ2n) is 3.60. The number of carbonyl (C=O) groups is 1. The fourth-order valence-electron chi connectivity index (χ4n) is 1.50. The lowest BCUT2D eigenvalue weighted by Crippen LogP contribution is -1.86. The molecule has 0 unspecified atom stereocenters. The summed E-state index contributed by atoms with van der Waals surface area (Å²) in [6.45, 7) is 1.55. The van der Waals surface area contributed by atoms with Crippen molar-refractivity contribution >= 4 is 16.9 Å². The van der Waals surface area contributed by atoms with Crippen LogP contribution in [0.5, 0.6) is 0 Å². The van der Waals surface area contributed by atoms with Crippen molar-refractivity contribution < 1.29 is 4.79 Å². The summed E-state index contributed by atoms with van der Waals surface area (Å²) in [5.74, 6) is 6.60. The van der Waals surface area contributed by atoms with Crippen molar-refractivity contribution in [3.63, 3.8) is 0 Å². The number of thioether (sulfide) groups is 1. The van der Waals surface area contributed by atoms with E-state index in [1.165, 1.54) is 11.8 Å². The van der Waals surface area contributed by atoms with E-state index in [0.29, 0.717) is 5.75 Å². The zero-order valence-electron chi connectivity index (χ0n) is 9.93. The van der Waals surface area contributed by atoms with Crippen LogP contribution in [0.3, 0.4) is 0 Å². The SMILES string of the molecule is CC(=O)SCC#Cc1ccccc1-c1ccn[nH]1. The summed E-state index contributed by atoms with van der Waals surface area (Å²) in [4.78, 5) is 10.8. The lowest BCUT2D eigenvalue weighted by molar-refractivity contribution is -0.109. The Hall–Kier alpha value is -1.99. The number of rotatable bonds is 2. The molecule has 0 aliphatic carbocycles. The molecule has 1 aromatic heterocycles. The Balaban J connectivity index is 2.21. The zero-order chi connectivity index (χ0) is 12.8. The Labute approximate surface area is 110 Å². The van der Waals surface area contributed by atoms with Gasteiger partial charge in [-0.25, -0.2) is 0 Å². The molecule has 0 bridgehead atoms. The van der Waals surface area contributed by atoms with Crippen LogP contribution in [-0.4, -0.2) is 21.1 Å². The zero-order valence-corrected chi connectivity index (χ0v) is 10.8. The molecule has 1 aromatic carbocycles. The smallest absolute Gasteiger partial charge is 0.186 e. The summed E-state index contributed by atoms with van der Waals surface area (Å²) in [5.41, 5.74) is 2.90. The number of benzene rings is 1. The van der Waals surface area contributed by atoms with Crippen molar-refractivity contribution in [2.75, 3.05) is 5.75 Å². The van der Waals surface area contributed by atoms with Gasteiger partial charge >= 0.3 is 0 Å². The highest BCUT2D eigenvalue weighted by atomic mass is 32.2. The third-order valence-corrected chi connectivity index (χ3v) is 2.98. The molecule has 90 valence electrons. The first-order valence-electron chi connectivity index (χ1n) is 5.48. The van der Waals surface area contributed by atoms with Crippen LogP contribution in [-0.2, 0) is 4.79 Å². The topological polar surface area (TPSA) is 45.8 Å². The number of nitrogens with one attached hydrogen (secondary N) is 1. The van der Waals surface area contributed by atoms with Gasteiger partial charge in [-0.3, -0.25) is 9.89 Å². The van der Waals surface area contributed by atoms with Gasteiger partial charge < -0.3 is 0 Å². The van der Waals surface area contributed by atoms with Crippen LogP contribution >= 0.6 is 11.8 Å². The molecular weight excluding hydrogens is 244 g/mol. The van der Waals surface area contributed by atoms with Crippen LogP contribution < -0.4 is 0 Å². The van der Waals surface area contributed by atoms with Crippen LogP contribution in [0.2, 0.25) is 0 Å². The van der Waals surface area contributed by atoms with E-state index in [1.807, 2.05) is 30.3 Å². The maximum absolute atomic E-state index is 10.8. The third kappa shape index (κ3) is 3.25. The fraction of sp³-hybridized carbons (Fsp3) is 0.143. The summed E-state index contributed by atoms with van der Waals surface area (Å²) in [5, 5.41) is 6.95. The van der Waals surface area contributed by atoms with E-state index in [9.17, 15) is 4.79 Å². The minimum absolute atomic E-state index is 0.0890. The van der Waals surface area contributed by atoms with Crippen molar-refractivity contribution in [2.24, 2.45) is 0 Å².